The fourth-order valence-corrected chi connectivity index (χ4v) is 3.29. The molecule has 0 radical (unpaired) electrons. The van der Waals surface area contributed by atoms with Crippen LogP contribution >= 0.6 is 22.9 Å². The predicted octanol–water partition coefficient (Wildman–Crippen LogP) is 2.38. The summed E-state index contributed by atoms with van der Waals surface area (Å²) in [6, 6.07) is 4.74. The molecule has 3 rings (SSSR count). The molecule has 0 aromatic carbocycles. The molecule has 7 heteroatoms. The van der Waals surface area contributed by atoms with E-state index in [0.717, 1.165) is 36.2 Å². The Morgan fingerprint density at radius 3 is 3.05 bits per heavy atom. The second-order valence-corrected chi connectivity index (χ2v) is 7.37. The number of hydrogen-bond acceptors (Lipinski definition) is 5. The van der Waals surface area contributed by atoms with Crippen molar-refractivity contribution in [2.75, 3.05) is 13.6 Å². The van der Waals surface area contributed by atoms with Gasteiger partial charge in [0.25, 0.3) is 0 Å². The maximum Gasteiger partial charge on any atom is 0.0964 e. The average molecular weight is 326 g/mol. The molecule has 2 aromatic rings. The lowest BCUT2D eigenvalue weighted by Crippen LogP contribution is -2.22. The van der Waals surface area contributed by atoms with E-state index in [0.29, 0.717) is 6.04 Å². The quantitative estimate of drug-likeness (QED) is 0.809. The number of rotatable bonds is 8. The smallest absolute Gasteiger partial charge is 0.0964 e. The molecule has 0 bridgehead atoms. The van der Waals surface area contributed by atoms with Crippen LogP contribution in [0.4, 0.5) is 0 Å². The lowest BCUT2D eigenvalue weighted by Gasteiger charge is -2.14. The normalized spacial score (nSPS) is 15.0. The first-order valence-electron chi connectivity index (χ1n) is 7.24. The molecule has 0 atom stereocenters. The summed E-state index contributed by atoms with van der Waals surface area (Å²) in [5.74, 6) is 0. The SMILES string of the molecule is CN(CCn1cc(CNC2CC2)nn1)Cc1ccc(Cl)s1. The largest absolute Gasteiger partial charge is 0.308 e. The molecule has 0 aliphatic heterocycles. The van der Waals surface area contributed by atoms with Crippen molar-refractivity contribution in [1.29, 1.82) is 0 Å². The fraction of sp³-hybridized carbons (Fsp3) is 0.571. The van der Waals surface area contributed by atoms with E-state index >= 15 is 0 Å². The molecular formula is C14H20ClN5S. The van der Waals surface area contributed by atoms with Crippen LogP contribution in [0.2, 0.25) is 4.34 Å². The zero-order valence-electron chi connectivity index (χ0n) is 12.1. The molecule has 2 aromatic heterocycles. The zero-order valence-corrected chi connectivity index (χ0v) is 13.7. The molecular weight excluding hydrogens is 306 g/mol. The van der Waals surface area contributed by atoms with Gasteiger partial charge in [-0.05, 0) is 32.0 Å². The van der Waals surface area contributed by atoms with Crippen molar-refractivity contribution in [2.45, 2.75) is 38.5 Å². The van der Waals surface area contributed by atoms with E-state index in [4.69, 9.17) is 11.6 Å². The van der Waals surface area contributed by atoms with Crippen LogP contribution < -0.4 is 5.32 Å². The van der Waals surface area contributed by atoms with Crippen molar-refractivity contribution < 1.29 is 0 Å². The maximum atomic E-state index is 5.95. The molecule has 1 fully saturated rings. The lowest BCUT2D eigenvalue weighted by atomic mass is 10.4. The van der Waals surface area contributed by atoms with E-state index in [9.17, 15) is 0 Å². The first kappa shape index (κ1) is 15.0. The Labute approximate surface area is 133 Å². The van der Waals surface area contributed by atoms with Crippen LogP contribution in [0.1, 0.15) is 23.4 Å². The summed E-state index contributed by atoms with van der Waals surface area (Å²) in [6.07, 6.45) is 4.63. The molecule has 5 nitrogen and oxygen atoms in total. The molecule has 114 valence electrons. The Balaban J connectivity index is 1.41. The maximum absolute atomic E-state index is 5.95. The summed E-state index contributed by atoms with van der Waals surface area (Å²) in [6.45, 7) is 3.54. The Kier molecular flexibility index (Phi) is 4.90. The molecule has 1 aliphatic carbocycles. The minimum Gasteiger partial charge on any atom is -0.308 e. The van der Waals surface area contributed by atoms with E-state index in [-0.39, 0.29) is 0 Å². The zero-order chi connectivity index (χ0) is 14.7. The van der Waals surface area contributed by atoms with Crippen molar-refractivity contribution in [2.24, 2.45) is 0 Å². The molecule has 0 saturated heterocycles. The Morgan fingerprint density at radius 1 is 1.48 bits per heavy atom. The molecule has 1 saturated carbocycles. The van der Waals surface area contributed by atoms with Gasteiger partial charge in [0, 0.05) is 36.8 Å². The van der Waals surface area contributed by atoms with Crippen molar-refractivity contribution in [1.82, 2.24) is 25.2 Å². The first-order chi connectivity index (χ1) is 10.2. The van der Waals surface area contributed by atoms with Crippen molar-refractivity contribution in [3.05, 3.63) is 33.2 Å². The Morgan fingerprint density at radius 2 is 2.33 bits per heavy atom. The highest BCUT2D eigenvalue weighted by Crippen LogP contribution is 2.22. The van der Waals surface area contributed by atoms with Gasteiger partial charge >= 0.3 is 0 Å². The molecule has 1 aliphatic rings. The van der Waals surface area contributed by atoms with E-state index in [1.807, 2.05) is 16.9 Å². The van der Waals surface area contributed by atoms with Gasteiger partial charge in [-0.1, -0.05) is 16.8 Å². The number of thiophene rings is 1. The highest BCUT2D eigenvalue weighted by molar-refractivity contribution is 7.16. The van der Waals surface area contributed by atoms with Crippen LogP contribution in [-0.4, -0.2) is 39.5 Å². The van der Waals surface area contributed by atoms with Gasteiger partial charge in [0.2, 0.25) is 0 Å². The van der Waals surface area contributed by atoms with Gasteiger partial charge in [0.05, 0.1) is 16.6 Å². The van der Waals surface area contributed by atoms with Crippen LogP contribution in [-0.2, 0) is 19.6 Å². The van der Waals surface area contributed by atoms with Gasteiger partial charge in [-0.3, -0.25) is 9.58 Å². The standard InChI is InChI=1S/C14H20ClN5S/c1-19(10-13-4-5-14(15)21-13)6-7-20-9-12(17-18-20)8-16-11-2-3-11/h4-5,9,11,16H,2-3,6-8,10H2,1H3. The summed E-state index contributed by atoms with van der Waals surface area (Å²) in [5.41, 5.74) is 1.02. The average Bonchev–Trinajstić information content (AvgIpc) is 3.03. The second kappa shape index (κ2) is 6.87. The first-order valence-corrected chi connectivity index (χ1v) is 8.43. The minimum atomic E-state index is 0.707. The second-order valence-electron chi connectivity index (χ2n) is 5.57. The number of hydrogen-bond donors (Lipinski definition) is 1. The predicted molar refractivity (Wildman–Crippen MR) is 85.5 cm³/mol. The topological polar surface area (TPSA) is 46.0 Å². The summed E-state index contributed by atoms with van der Waals surface area (Å²) in [5, 5.41) is 11.8. The highest BCUT2D eigenvalue weighted by Gasteiger charge is 2.20. The number of nitrogens with zero attached hydrogens (tertiary/aromatic N) is 4. The highest BCUT2D eigenvalue weighted by atomic mass is 35.5. The van der Waals surface area contributed by atoms with Crippen LogP contribution in [0.15, 0.2) is 18.3 Å². The molecule has 2 heterocycles. The van der Waals surface area contributed by atoms with Crippen molar-refractivity contribution in [3.8, 4) is 0 Å². The number of nitrogens with one attached hydrogen (secondary N) is 1. The lowest BCUT2D eigenvalue weighted by molar-refractivity contribution is 0.306. The Bertz CT molecular complexity index is 577. The van der Waals surface area contributed by atoms with E-state index in [1.165, 1.54) is 17.7 Å². The molecule has 0 unspecified atom stereocenters. The van der Waals surface area contributed by atoms with Crippen LogP contribution in [0, 0.1) is 0 Å². The molecule has 0 amide bonds. The van der Waals surface area contributed by atoms with Gasteiger partial charge in [0.15, 0.2) is 0 Å². The summed E-state index contributed by atoms with van der Waals surface area (Å²) in [7, 11) is 2.11. The fourth-order valence-electron chi connectivity index (χ4n) is 2.12. The third-order valence-electron chi connectivity index (χ3n) is 3.50. The van der Waals surface area contributed by atoms with Gasteiger partial charge in [-0.2, -0.15) is 0 Å². The van der Waals surface area contributed by atoms with Crippen molar-refractivity contribution >= 4 is 22.9 Å². The molecule has 1 N–H and O–H groups in total. The summed E-state index contributed by atoms with van der Waals surface area (Å²) in [4.78, 5) is 3.56. The number of aromatic nitrogens is 3. The summed E-state index contributed by atoms with van der Waals surface area (Å²) < 4.78 is 2.77. The van der Waals surface area contributed by atoms with E-state index in [2.05, 4.69) is 33.6 Å². The van der Waals surface area contributed by atoms with Crippen LogP contribution in [0.3, 0.4) is 0 Å². The van der Waals surface area contributed by atoms with Crippen LogP contribution in [0.5, 0.6) is 0 Å². The van der Waals surface area contributed by atoms with Gasteiger partial charge in [-0.15, -0.1) is 16.4 Å². The third-order valence-corrected chi connectivity index (χ3v) is 4.72. The number of likely N-dealkylation sites (N-methyl/N-ethyl adjacent to an activating group) is 1. The van der Waals surface area contributed by atoms with Crippen LogP contribution in [0.25, 0.3) is 0 Å². The monoisotopic (exact) mass is 325 g/mol. The van der Waals surface area contributed by atoms with Gasteiger partial charge < -0.3 is 5.32 Å². The minimum absolute atomic E-state index is 0.707. The third kappa shape index (κ3) is 4.78. The van der Waals surface area contributed by atoms with Gasteiger partial charge in [0.1, 0.15) is 0 Å². The summed E-state index contributed by atoms with van der Waals surface area (Å²) >= 11 is 7.59. The van der Waals surface area contributed by atoms with Gasteiger partial charge in [-0.25, -0.2) is 0 Å². The number of halogens is 1. The molecule has 0 spiro atoms. The Hall–Kier alpha value is -0.950. The van der Waals surface area contributed by atoms with E-state index in [1.54, 1.807) is 11.3 Å². The molecule has 21 heavy (non-hydrogen) atoms. The van der Waals surface area contributed by atoms with Crippen molar-refractivity contribution in [3.63, 3.8) is 0 Å². The van der Waals surface area contributed by atoms with E-state index < -0.39 is 0 Å².